The quantitative estimate of drug-likeness (QED) is 0.407. The third kappa shape index (κ3) is 8.44. The van der Waals surface area contributed by atoms with Crippen LogP contribution in [0.4, 0.5) is 0 Å². The van der Waals surface area contributed by atoms with Gasteiger partial charge >= 0.3 is 5.97 Å². The van der Waals surface area contributed by atoms with Gasteiger partial charge in [-0.15, -0.1) is 11.8 Å². The average molecular weight is 500 g/mol. The van der Waals surface area contributed by atoms with Gasteiger partial charge < -0.3 is 19.3 Å². The molecule has 0 spiro atoms. The first-order valence-corrected chi connectivity index (χ1v) is 13.7. The van der Waals surface area contributed by atoms with Crippen LogP contribution in [0.5, 0.6) is 11.5 Å². The Morgan fingerprint density at radius 2 is 1.83 bits per heavy atom. The molecule has 1 aliphatic carbocycles. The molecule has 0 amide bonds. The van der Waals surface area contributed by atoms with Crippen LogP contribution in [0.2, 0.25) is 0 Å². The number of carboxylic acid groups (broad SMARTS) is 1. The summed E-state index contributed by atoms with van der Waals surface area (Å²) in [5, 5.41) is 8.84. The number of hydrogen-bond donors (Lipinski definition) is 1. The molecule has 1 N–H and O–H groups in total. The summed E-state index contributed by atoms with van der Waals surface area (Å²) in [5.74, 6) is 2.13. The zero-order chi connectivity index (χ0) is 24.5. The molecule has 0 bridgehead atoms. The van der Waals surface area contributed by atoms with Crippen LogP contribution in [0, 0.1) is 12.8 Å². The van der Waals surface area contributed by atoms with Gasteiger partial charge in [-0.25, -0.2) is 4.79 Å². The third-order valence-corrected chi connectivity index (χ3v) is 7.71. The molecule has 0 aromatic heterocycles. The molecule has 0 radical (unpaired) electrons. The lowest BCUT2D eigenvalue weighted by Gasteiger charge is -2.27. The van der Waals surface area contributed by atoms with E-state index in [4.69, 9.17) is 19.3 Å². The summed E-state index contributed by atoms with van der Waals surface area (Å²) in [4.78, 5) is 14.4. The van der Waals surface area contributed by atoms with Crippen molar-refractivity contribution in [3.8, 4) is 11.5 Å². The molecule has 190 valence electrons. The summed E-state index contributed by atoms with van der Waals surface area (Å²) >= 11 is 1.77. The van der Waals surface area contributed by atoms with Crippen LogP contribution in [0.1, 0.15) is 48.8 Å². The highest BCUT2D eigenvalue weighted by Crippen LogP contribution is 2.31. The highest BCUT2D eigenvalue weighted by molar-refractivity contribution is 7.98. The van der Waals surface area contributed by atoms with Crippen LogP contribution in [0.15, 0.2) is 41.3 Å². The van der Waals surface area contributed by atoms with Crippen molar-refractivity contribution in [2.45, 2.75) is 56.2 Å². The van der Waals surface area contributed by atoms with E-state index in [1.54, 1.807) is 11.8 Å². The molecule has 1 saturated heterocycles. The standard InChI is InChI=1S/C28H37NO5S/c1-21-13-26(7-8-27(21)34-19-28(30)31)35-20-24-14-23(17-29-9-11-32-12-10-29)15-25(16-24)33-18-22-5-3-2-4-6-22/h7-8,13-16,22H,2-6,9-12,17-20H2,1H3,(H,30,31). The van der Waals surface area contributed by atoms with Crippen LogP contribution in [-0.2, 0) is 21.8 Å². The zero-order valence-electron chi connectivity index (χ0n) is 20.7. The van der Waals surface area contributed by atoms with Gasteiger partial charge in [0, 0.05) is 30.3 Å². The highest BCUT2D eigenvalue weighted by Gasteiger charge is 2.16. The third-order valence-electron chi connectivity index (χ3n) is 6.65. The Labute approximate surface area is 212 Å². The summed E-state index contributed by atoms with van der Waals surface area (Å²) in [5.41, 5.74) is 3.48. The van der Waals surface area contributed by atoms with Crippen molar-refractivity contribution in [1.82, 2.24) is 4.90 Å². The summed E-state index contributed by atoms with van der Waals surface area (Å²) in [7, 11) is 0. The number of carbonyl (C=O) groups is 1. The normalized spacial score (nSPS) is 17.3. The Morgan fingerprint density at radius 1 is 1.06 bits per heavy atom. The van der Waals surface area contributed by atoms with E-state index < -0.39 is 5.97 Å². The Hall–Kier alpha value is -2.22. The number of benzene rings is 2. The number of aryl methyl sites for hydroxylation is 1. The molecule has 4 rings (SSSR count). The minimum absolute atomic E-state index is 0.326. The second-order valence-electron chi connectivity index (χ2n) is 9.59. The SMILES string of the molecule is Cc1cc(SCc2cc(CN3CCOCC3)cc(OCC3CCCCC3)c2)ccc1OCC(=O)O. The van der Waals surface area contributed by atoms with Gasteiger partial charge in [0.2, 0.25) is 0 Å². The average Bonchev–Trinajstić information content (AvgIpc) is 2.87. The van der Waals surface area contributed by atoms with Crippen LogP contribution in [-0.4, -0.2) is 55.5 Å². The van der Waals surface area contributed by atoms with Gasteiger partial charge in [0.15, 0.2) is 6.61 Å². The lowest BCUT2D eigenvalue weighted by atomic mass is 9.90. The van der Waals surface area contributed by atoms with Gasteiger partial charge in [0.05, 0.1) is 19.8 Å². The number of aliphatic carboxylic acids is 1. The summed E-state index contributed by atoms with van der Waals surface area (Å²) in [6, 6.07) is 12.6. The highest BCUT2D eigenvalue weighted by atomic mass is 32.2. The first-order chi connectivity index (χ1) is 17.0. The maximum Gasteiger partial charge on any atom is 0.341 e. The van der Waals surface area contributed by atoms with Crippen LogP contribution in [0.3, 0.4) is 0 Å². The number of hydrogen-bond acceptors (Lipinski definition) is 6. The number of carboxylic acids is 1. The first kappa shape index (κ1) is 25.9. The topological polar surface area (TPSA) is 68.2 Å². The summed E-state index contributed by atoms with van der Waals surface area (Å²) in [6.07, 6.45) is 6.57. The fourth-order valence-electron chi connectivity index (χ4n) is 4.75. The van der Waals surface area contributed by atoms with Crippen LogP contribution >= 0.6 is 11.8 Å². The lowest BCUT2D eigenvalue weighted by molar-refractivity contribution is -0.139. The van der Waals surface area contributed by atoms with E-state index in [2.05, 4.69) is 29.2 Å². The molecule has 2 aromatic carbocycles. The number of ether oxygens (including phenoxy) is 3. The molecule has 35 heavy (non-hydrogen) atoms. The number of morpholine rings is 1. The van der Waals surface area contributed by atoms with E-state index in [9.17, 15) is 4.79 Å². The molecule has 0 atom stereocenters. The Balaban J connectivity index is 1.42. The van der Waals surface area contributed by atoms with Crippen LogP contribution < -0.4 is 9.47 Å². The monoisotopic (exact) mass is 499 g/mol. The molecule has 0 unspecified atom stereocenters. The van der Waals surface area contributed by atoms with Gasteiger partial charge in [-0.1, -0.05) is 25.3 Å². The number of nitrogens with zero attached hydrogens (tertiary/aromatic N) is 1. The van der Waals surface area contributed by atoms with E-state index in [1.807, 2.05) is 19.1 Å². The van der Waals surface area contributed by atoms with E-state index in [0.717, 1.165) is 61.4 Å². The molecule has 2 aromatic rings. The Morgan fingerprint density at radius 3 is 2.57 bits per heavy atom. The minimum atomic E-state index is -0.971. The zero-order valence-corrected chi connectivity index (χ0v) is 21.5. The maximum absolute atomic E-state index is 10.8. The van der Waals surface area contributed by atoms with Crippen molar-refractivity contribution in [2.75, 3.05) is 39.5 Å². The van der Waals surface area contributed by atoms with Gasteiger partial charge in [-0.05, 0) is 72.7 Å². The Kier molecular flexibility index (Phi) is 9.74. The second kappa shape index (κ2) is 13.2. The molecular weight excluding hydrogens is 462 g/mol. The largest absolute Gasteiger partial charge is 0.493 e. The van der Waals surface area contributed by atoms with Crippen molar-refractivity contribution in [2.24, 2.45) is 5.92 Å². The molecule has 6 nitrogen and oxygen atoms in total. The van der Waals surface area contributed by atoms with E-state index in [0.29, 0.717) is 11.7 Å². The van der Waals surface area contributed by atoms with Crippen molar-refractivity contribution in [1.29, 1.82) is 0 Å². The van der Waals surface area contributed by atoms with Crippen molar-refractivity contribution < 1.29 is 24.1 Å². The smallest absolute Gasteiger partial charge is 0.341 e. The van der Waals surface area contributed by atoms with Crippen LogP contribution in [0.25, 0.3) is 0 Å². The number of thioether (sulfide) groups is 1. The number of rotatable bonds is 11. The molecule has 7 heteroatoms. The Bertz CT molecular complexity index is 970. The lowest BCUT2D eigenvalue weighted by Crippen LogP contribution is -2.35. The molecule has 1 heterocycles. The summed E-state index contributed by atoms with van der Waals surface area (Å²) < 4.78 is 17.2. The molecule has 2 fully saturated rings. The first-order valence-electron chi connectivity index (χ1n) is 12.7. The van der Waals surface area contributed by atoms with E-state index in [-0.39, 0.29) is 6.61 Å². The molecule has 1 aliphatic heterocycles. The van der Waals surface area contributed by atoms with E-state index in [1.165, 1.54) is 43.2 Å². The molecular formula is C28H37NO5S. The maximum atomic E-state index is 10.8. The van der Waals surface area contributed by atoms with Crippen molar-refractivity contribution >= 4 is 17.7 Å². The van der Waals surface area contributed by atoms with Crippen molar-refractivity contribution in [3.63, 3.8) is 0 Å². The predicted molar refractivity (Wildman–Crippen MR) is 138 cm³/mol. The fourth-order valence-corrected chi connectivity index (χ4v) is 5.68. The van der Waals surface area contributed by atoms with Gasteiger partial charge in [-0.2, -0.15) is 0 Å². The predicted octanol–water partition coefficient (Wildman–Crippen LogP) is 5.54. The van der Waals surface area contributed by atoms with Gasteiger partial charge in [0.25, 0.3) is 0 Å². The second-order valence-corrected chi connectivity index (χ2v) is 10.6. The molecule has 2 aliphatic rings. The fraction of sp³-hybridized carbons (Fsp3) is 0.536. The summed E-state index contributed by atoms with van der Waals surface area (Å²) in [6.45, 7) is 6.87. The van der Waals surface area contributed by atoms with Gasteiger partial charge in [-0.3, -0.25) is 4.90 Å². The minimum Gasteiger partial charge on any atom is -0.493 e. The van der Waals surface area contributed by atoms with Gasteiger partial charge in [0.1, 0.15) is 11.5 Å². The molecule has 1 saturated carbocycles. The van der Waals surface area contributed by atoms with E-state index >= 15 is 0 Å². The van der Waals surface area contributed by atoms with Crippen molar-refractivity contribution in [3.05, 3.63) is 53.1 Å².